The van der Waals surface area contributed by atoms with E-state index < -0.39 is 6.04 Å². The van der Waals surface area contributed by atoms with Gasteiger partial charge in [0.15, 0.2) is 0 Å². The molecule has 1 saturated heterocycles. The second-order valence-corrected chi connectivity index (χ2v) is 10.2. The molecule has 4 N–H and O–H groups in total. The molecule has 1 aliphatic heterocycles. The van der Waals surface area contributed by atoms with Crippen molar-refractivity contribution in [2.24, 2.45) is 5.73 Å². The van der Waals surface area contributed by atoms with E-state index in [1.54, 1.807) is 6.07 Å². The molecule has 0 unspecified atom stereocenters. The first-order valence-corrected chi connectivity index (χ1v) is 13.2. The van der Waals surface area contributed by atoms with Gasteiger partial charge in [0.2, 0.25) is 5.91 Å². The minimum absolute atomic E-state index is 0.0306. The number of amides is 2. The van der Waals surface area contributed by atoms with Gasteiger partial charge in [-0.15, -0.1) is 0 Å². The van der Waals surface area contributed by atoms with Crippen LogP contribution in [0.5, 0.6) is 0 Å². The summed E-state index contributed by atoms with van der Waals surface area (Å²) in [5.41, 5.74) is 8.19. The van der Waals surface area contributed by atoms with Gasteiger partial charge < -0.3 is 21.3 Å². The van der Waals surface area contributed by atoms with Crippen LogP contribution in [0.25, 0.3) is 10.8 Å². The van der Waals surface area contributed by atoms with Crippen LogP contribution in [0.3, 0.4) is 0 Å². The van der Waals surface area contributed by atoms with Crippen LogP contribution in [0.4, 0.5) is 0 Å². The van der Waals surface area contributed by atoms with Gasteiger partial charge in [-0.25, -0.2) is 0 Å². The molecule has 0 saturated carbocycles. The predicted molar refractivity (Wildman–Crippen MR) is 151 cm³/mol. The number of halogens is 1. The summed E-state index contributed by atoms with van der Waals surface area (Å²) < 4.78 is 0. The molecular weight excluding hydrogens is 484 g/mol. The topological polar surface area (TPSA) is 87.5 Å². The van der Waals surface area contributed by atoms with Crippen molar-refractivity contribution in [2.75, 3.05) is 19.6 Å². The van der Waals surface area contributed by atoms with Gasteiger partial charge in [-0.3, -0.25) is 9.59 Å². The number of benzene rings is 3. The summed E-state index contributed by atoms with van der Waals surface area (Å²) in [6, 6.07) is 20.9. The second kappa shape index (κ2) is 12.3. The first-order valence-electron chi connectivity index (χ1n) is 12.8. The molecule has 0 aromatic heterocycles. The number of carbonyl (C=O) groups excluding carboxylic acids is 2. The van der Waals surface area contributed by atoms with Crippen LogP contribution in [0.15, 0.2) is 79.0 Å². The van der Waals surface area contributed by atoms with E-state index in [1.165, 1.54) is 5.56 Å². The Hall–Kier alpha value is -3.35. The highest BCUT2D eigenvalue weighted by Crippen LogP contribution is 2.23. The van der Waals surface area contributed by atoms with Gasteiger partial charge in [0, 0.05) is 54.3 Å². The lowest BCUT2D eigenvalue weighted by Gasteiger charge is -2.28. The first-order chi connectivity index (χ1) is 17.8. The van der Waals surface area contributed by atoms with Crippen LogP contribution in [0.1, 0.15) is 48.0 Å². The van der Waals surface area contributed by atoms with Crippen LogP contribution in [0, 0.1) is 0 Å². The Bertz CT molecular complexity index is 1260. The highest BCUT2D eigenvalue weighted by Gasteiger charge is 2.32. The molecule has 0 aliphatic carbocycles. The van der Waals surface area contributed by atoms with Crippen LogP contribution >= 0.6 is 11.6 Å². The highest BCUT2D eigenvalue weighted by molar-refractivity contribution is 6.31. The summed E-state index contributed by atoms with van der Waals surface area (Å²) in [5.74, 6) is 0.134. The van der Waals surface area contributed by atoms with Gasteiger partial charge >= 0.3 is 0 Å². The molecule has 7 heteroatoms. The monoisotopic (exact) mass is 518 g/mol. The fourth-order valence-electron chi connectivity index (χ4n) is 4.97. The number of fused-ring (bicyclic) bond motifs is 1. The summed E-state index contributed by atoms with van der Waals surface area (Å²) in [7, 11) is 0. The Morgan fingerprint density at radius 2 is 1.89 bits per heavy atom. The number of carbonyl (C=O) groups is 2. The van der Waals surface area contributed by atoms with Gasteiger partial charge in [0.05, 0.1) is 6.04 Å². The van der Waals surface area contributed by atoms with Gasteiger partial charge in [-0.05, 0) is 53.4 Å². The number of nitrogens with one attached hydrogen (secondary N) is 2. The van der Waals surface area contributed by atoms with Crippen molar-refractivity contribution in [3.8, 4) is 0 Å². The summed E-state index contributed by atoms with van der Waals surface area (Å²) in [4.78, 5) is 28.4. The van der Waals surface area contributed by atoms with Crippen molar-refractivity contribution in [1.82, 2.24) is 15.5 Å². The maximum atomic E-state index is 13.5. The molecular formula is C30H35ClN4O2. The molecule has 1 aliphatic rings. The van der Waals surface area contributed by atoms with E-state index in [1.807, 2.05) is 53.4 Å². The zero-order valence-electron chi connectivity index (χ0n) is 21.3. The largest absolute Gasteiger partial charge is 0.402 e. The summed E-state index contributed by atoms with van der Waals surface area (Å²) in [6.45, 7) is 7.64. The van der Waals surface area contributed by atoms with Crippen molar-refractivity contribution in [1.29, 1.82) is 0 Å². The van der Waals surface area contributed by atoms with E-state index in [4.69, 9.17) is 17.3 Å². The van der Waals surface area contributed by atoms with Gasteiger partial charge in [-0.2, -0.15) is 0 Å². The molecule has 3 aromatic rings. The third-order valence-corrected chi connectivity index (χ3v) is 7.27. The average Bonchev–Trinajstić information content (AvgIpc) is 3.04. The molecule has 1 heterocycles. The van der Waals surface area contributed by atoms with Crippen molar-refractivity contribution in [3.63, 3.8) is 0 Å². The zero-order valence-corrected chi connectivity index (χ0v) is 22.0. The first kappa shape index (κ1) is 26.7. The Balaban J connectivity index is 1.43. The van der Waals surface area contributed by atoms with Crippen LogP contribution in [-0.4, -0.2) is 48.4 Å². The lowest BCUT2D eigenvalue weighted by Crippen LogP contribution is -2.49. The van der Waals surface area contributed by atoms with Crippen LogP contribution in [-0.2, 0) is 4.79 Å². The fraction of sp³-hybridized carbons (Fsp3) is 0.333. The molecule has 37 heavy (non-hydrogen) atoms. The smallest absolute Gasteiger partial charge is 0.251 e. The van der Waals surface area contributed by atoms with E-state index in [9.17, 15) is 9.59 Å². The molecule has 3 atom stereocenters. The molecule has 1 fully saturated rings. The van der Waals surface area contributed by atoms with Crippen LogP contribution < -0.4 is 16.4 Å². The number of hydrogen-bond acceptors (Lipinski definition) is 4. The molecule has 0 spiro atoms. The normalized spacial score (nSPS) is 18.9. The number of nitrogens with zero attached hydrogens (tertiary/aromatic N) is 1. The molecule has 4 rings (SSSR count). The van der Waals surface area contributed by atoms with Gasteiger partial charge in [-0.1, -0.05) is 67.6 Å². The minimum atomic E-state index is -0.472. The zero-order chi connectivity index (χ0) is 26.4. The van der Waals surface area contributed by atoms with E-state index in [0.717, 1.165) is 23.6 Å². The Morgan fingerprint density at radius 1 is 1.16 bits per heavy atom. The molecule has 6 nitrogen and oxygen atoms in total. The summed E-state index contributed by atoms with van der Waals surface area (Å²) in [5, 5.41) is 9.09. The maximum absolute atomic E-state index is 13.5. The standard InChI is InChI=1S/C30H35ClN4O2/c1-3-21(22-7-5-4-6-8-22)19-35-14-13-27(34-28(30(35)37)15-20(2)32)18-33-29(36)25-10-9-24-17-26(31)12-11-23(24)16-25/h4-12,16-17,21,27-28,34H,2-3,13-15,18-19,32H2,1H3,(H,33,36)/t21-,27-,28-/m1/s1. The average molecular weight is 519 g/mol. The molecule has 3 aromatic carbocycles. The lowest BCUT2D eigenvalue weighted by atomic mass is 9.95. The number of rotatable bonds is 9. The summed E-state index contributed by atoms with van der Waals surface area (Å²) in [6.07, 6.45) is 2.02. The van der Waals surface area contributed by atoms with Crippen LogP contribution in [0.2, 0.25) is 5.02 Å². The van der Waals surface area contributed by atoms with E-state index in [-0.39, 0.29) is 23.8 Å². The maximum Gasteiger partial charge on any atom is 0.251 e. The Kier molecular flexibility index (Phi) is 8.85. The van der Waals surface area contributed by atoms with E-state index >= 15 is 0 Å². The van der Waals surface area contributed by atoms with Crippen molar-refractivity contribution < 1.29 is 9.59 Å². The Labute approximate surface area is 223 Å². The molecule has 0 radical (unpaired) electrons. The fourth-order valence-corrected chi connectivity index (χ4v) is 5.15. The summed E-state index contributed by atoms with van der Waals surface area (Å²) >= 11 is 6.07. The highest BCUT2D eigenvalue weighted by atomic mass is 35.5. The second-order valence-electron chi connectivity index (χ2n) is 9.78. The van der Waals surface area contributed by atoms with Gasteiger partial charge in [0.25, 0.3) is 5.91 Å². The minimum Gasteiger partial charge on any atom is -0.402 e. The molecule has 2 amide bonds. The quantitative estimate of drug-likeness (QED) is 0.378. The predicted octanol–water partition coefficient (Wildman–Crippen LogP) is 4.84. The lowest BCUT2D eigenvalue weighted by molar-refractivity contribution is -0.133. The van der Waals surface area contributed by atoms with E-state index in [0.29, 0.717) is 42.3 Å². The Morgan fingerprint density at radius 3 is 2.62 bits per heavy atom. The third kappa shape index (κ3) is 6.90. The van der Waals surface area contributed by atoms with Crippen molar-refractivity contribution >= 4 is 34.2 Å². The SMILES string of the molecule is C=C(N)C[C@H]1N[C@@H](CNC(=O)c2ccc3cc(Cl)ccc3c2)CCN(C[C@@H](CC)c2ccccc2)C1=O. The number of hydrogen-bond donors (Lipinski definition) is 3. The third-order valence-electron chi connectivity index (χ3n) is 7.04. The number of nitrogens with two attached hydrogens (primary N) is 1. The van der Waals surface area contributed by atoms with Crippen molar-refractivity contribution in [3.05, 3.63) is 95.2 Å². The van der Waals surface area contributed by atoms with Gasteiger partial charge in [0.1, 0.15) is 0 Å². The van der Waals surface area contributed by atoms with Crippen molar-refractivity contribution in [2.45, 2.75) is 44.2 Å². The van der Waals surface area contributed by atoms with E-state index in [2.05, 4.69) is 36.3 Å². The molecule has 0 bridgehead atoms. The molecule has 194 valence electrons.